The molecule has 0 aromatic heterocycles. The minimum absolute atomic E-state index is 0.826. The van der Waals surface area contributed by atoms with E-state index in [2.05, 4.69) is 85.8 Å². The van der Waals surface area contributed by atoms with Gasteiger partial charge in [-0.15, -0.1) is 70.8 Å². The predicted octanol–water partition coefficient (Wildman–Crippen LogP) is 7.06. The molecule has 0 nitrogen and oxygen atoms in total. The van der Waals surface area contributed by atoms with Gasteiger partial charge >= 0.3 is 37.9 Å². The van der Waals surface area contributed by atoms with Crippen LogP contribution in [0.1, 0.15) is 12.5 Å². The Morgan fingerprint density at radius 2 is 1.52 bits per heavy atom. The molecule has 0 unspecified atom stereocenters. The van der Waals surface area contributed by atoms with Crippen LogP contribution < -0.4 is 0 Å². The third-order valence-corrected chi connectivity index (χ3v) is 3.70. The van der Waals surface area contributed by atoms with Crippen LogP contribution in [0.15, 0.2) is 78.9 Å². The summed E-state index contributed by atoms with van der Waals surface area (Å²) in [5, 5.41) is 5.44. The van der Waals surface area contributed by atoms with Gasteiger partial charge in [0.2, 0.25) is 0 Å². The minimum atomic E-state index is -0.826. The third kappa shape index (κ3) is 5.31. The van der Waals surface area contributed by atoms with E-state index in [1.807, 2.05) is 0 Å². The Labute approximate surface area is 156 Å². The van der Waals surface area contributed by atoms with E-state index < -0.39 is 20.8 Å². The number of aryl methyl sites for hydroxylation is 1. The molecule has 0 fully saturated rings. The number of benzene rings is 2. The molecular weight excluding hydrogens is 402 g/mol. The third-order valence-electron chi connectivity index (χ3n) is 3.70. The maximum Gasteiger partial charge on any atom is -0.0809 e. The fourth-order valence-corrected chi connectivity index (χ4v) is 2.59. The molecule has 4 aromatic rings. The van der Waals surface area contributed by atoms with E-state index in [9.17, 15) is 0 Å². The first kappa shape index (κ1) is 18.5. The van der Waals surface area contributed by atoms with Crippen LogP contribution in [-0.2, 0) is 27.3 Å². The van der Waals surface area contributed by atoms with Gasteiger partial charge in [-0.2, -0.15) is 23.1 Å². The van der Waals surface area contributed by atoms with Crippen LogP contribution in [0.3, 0.4) is 0 Å². The Kier molecular flexibility index (Phi) is 8.09. The topological polar surface area (TPSA) is 0 Å². The molecule has 0 atom stereocenters. The molecule has 0 aliphatic heterocycles. The van der Waals surface area contributed by atoms with Gasteiger partial charge in [0.05, 0.1) is 0 Å². The number of hydrogen-bond acceptors (Lipinski definition) is 0. The predicted molar refractivity (Wildman–Crippen MR) is 100 cm³/mol. The van der Waals surface area contributed by atoms with Crippen molar-refractivity contribution in [3.8, 4) is 0 Å². The molecule has 116 valence electrons. The van der Waals surface area contributed by atoms with Crippen LogP contribution in [0, 0.1) is 0 Å². The van der Waals surface area contributed by atoms with Crippen molar-refractivity contribution in [2.75, 3.05) is 0 Å². The van der Waals surface area contributed by atoms with Crippen molar-refractivity contribution in [2.24, 2.45) is 0 Å². The van der Waals surface area contributed by atoms with Crippen LogP contribution in [0.4, 0.5) is 0 Å². The van der Waals surface area contributed by atoms with Crippen molar-refractivity contribution in [3.63, 3.8) is 0 Å². The second-order valence-electron chi connectivity index (χ2n) is 5.03. The summed E-state index contributed by atoms with van der Waals surface area (Å²) in [5.74, 6) is 0. The summed E-state index contributed by atoms with van der Waals surface area (Å²) in [4.78, 5) is 0. The van der Waals surface area contributed by atoms with Crippen molar-refractivity contribution in [1.29, 1.82) is 0 Å². The zero-order valence-electron chi connectivity index (χ0n) is 13.0. The molecule has 4 aromatic carbocycles. The summed E-state index contributed by atoms with van der Waals surface area (Å²) in [6.07, 6.45) is 1.13. The van der Waals surface area contributed by atoms with Gasteiger partial charge < -0.3 is 0 Å². The van der Waals surface area contributed by atoms with Crippen molar-refractivity contribution < 1.29 is 20.8 Å². The molecule has 3 heteroatoms. The maximum atomic E-state index is 4.93. The number of halogens is 2. The Hall–Kier alpha value is -0.877. The van der Waals surface area contributed by atoms with Gasteiger partial charge in [0.25, 0.3) is 0 Å². The van der Waals surface area contributed by atoms with Crippen LogP contribution in [0.25, 0.3) is 21.5 Å². The van der Waals surface area contributed by atoms with E-state index in [1.54, 1.807) is 0 Å². The van der Waals surface area contributed by atoms with Gasteiger partial charge in [0.1, 0.15) is 0 Å². The van der Waals surface area contributed by atoms with Crippen LogP contribution in [0.5, 0.6) is 0 Å². The second-order valence-corrected chi connectivity index (χ2v) is 8.76. The fraction of sp³-hybridized carbons (Fsp3) is 0.100. The molecule has 0 radical (unpaired) electrons. The Morgan fingerprint density at radius 3 is 2.22 bits per heavy atom. The molecule has 0 N–H and O–H groups in total. The molecule has 0 saturated carbocycles. The SMILES string of the molecule is CCc1c[cH-]c2ccccc12.[Cl][Zr+2][Cl].c1ccc2[cH-]ccc2c1. The molecule has 0 heterocycles. The standard InChI is InChI=1S/C11H11.C9H7.2ClH.Zr/c1-2-9-7-8-10-5-3-4-6-11(9)10;1-2-5-9-7-3-6-8(9)4-1;;;/h3-8H,2H2,1H3;1-7H;2*1H;/q2*-1;;;+4/p-2. The largest absolute Gasteiger partial charge is 0.168 e. The van der Waals surface area contributed by atoms with Gasteiger partial charge in [0.15, 0.2) is 0 Å². The minimum Gasteiger partial charge on any atom is -0.168 e. The second kappa shape index (κ2) is 10.1. The van der Waals surface area contributed by atoms with Crippen molar-refractivity contribution in [1.82, 2.24) is 0 Å². The summed E-state index contributed by atoms with van der Waals surface area (Å²) >= 11 is -0.826. The van der Waals surface area contributed by atoms with Crippen LogP contribution >= 0.6 is 17.0 Å². The van der Waals surface area contributed by atoms with Gasteiger partial charge in [0, 0.05) is 0 Å². The molecule has 0 aliphatic carbocycles. The summed E-state index contributed by atoms with van der Waals surface area (Å²) < 4.78 is 0. The summed E-state index contributed by atoms with van der Waals surface area (Å²) in [5.41, 5.74) is 1.46. The average molecular weight is 420 g/mol. The molecule has 0 aliphatic rings. The summed E-state index contributed by atoms with van der Waals surface area (Å²) in [6, 6.07) is 27.6. The first-order valence-electron chi connectivity index (χ1n) is 7.50. The van der Waals surface area contributed by atoms with E-state index in [0.717, 1.165) is 6.42 Å². The van der Waals surface area contributed by atoms with Crippen LogP contribution in [-0.4, -0.2) is 0 Å². The van der Waals surface area contributed by atoms with Crippen molar-refractivity contribution in [3.05, 3.63) is 84.4 Å². The quantitative estimate of drug-likeness (QED) is 0.289. The Bertz CT molecular complexity index is 799. The summed E-state index contributed by atoms with van der Waals surface area (Å²) in [6.45, 7) is 2.20. The van der Waals surface area contributed by atoms with Gasteiger partial charge in [-0.3, -0.25) is 0 Å². The molecule has 0 bridgehead atoms. The van der Waals surface area contributed by atoms with E-state index in [-0.39, 0.29) is 0 Å². The fourth-order valence-electron chi connectivity index (χ4n) is 2.59. The Balaban J connectivity index is 0.000000145. The molecule has 0 spiro atoms. The zero-order chi connectivity index (χ0) is 16.5. The number of fused-ring (bicyclic) bond motifs is 2. The van der Waals surface area contributed by atoms with E-state index in [4.69, 9.17) is 17.0 Å². The van der Waals surface area contributed by atoms with Gasteiger partial charge in [-0.1, -0.05) is 25.5 Å². The normalized spacial score (nSPS) is 9.52. The van der Waals surface area contributed by atoms with Crippen molar-refractivity contribution >= 4 is 38.6 Å². The molecule has 0 amide bonds. The first-order chi connectivity index (χ1) is 11.3. The zero-order valence-corrected chi connectivity index (χ0v) is 16.9. The van der Waals surface area contributed by atoms with Crippen LogP contribution in [0.2, 0.25) is 0 Å². The average Bonchev–Trinajstić information content (AvgIpc) is 3.22. The van der Waals surface area contributed by atoms with Gasteiger partial charge in [-0.25, -0.2) is 0 Å². The van der Waals surface area contributed by atoms with Crippen molar-refractivity contribution in [2.45, 2.75) is 13.3 Å². The first-order valence-corrected chi connectivity index (χ1v) is 13.8. The smallest absolute Gasteiger partial charge is 0.0809 e. The Morgan fingerprint density at radius 1 is 0.870 bits per heavy atom. The molecular formula is C20H18Cl2Zr. The monoisotopic (exact) mass is 418 g/mol. The maximum absolute atomic E-state index is 4.93. The molecule has 4 rings (SSSR count). The number of rotatable bonds is 1. The van der Waals surface area contributed by atoms with Gasteiger partial charge in [-0.05, 0) is 0 Å². The van der Waals surface area contributed by atoms with E-state index in [0.29, 0.717) is 0 Å². The van der Waals surface area contributed by atoms with E-state index >= 15 is 0 Å². The summed E-state index contributed by atoms with van der Waals surface area (Å²) in [7, 11) is 9.87. The molecule has 23 heavy (non-hydrogen) atoms. The van der Waals surface area contributed by atoms with E-state index in [1.165, 1.54) is 27.1 Å². The number of hydrogen-bond donors (Lipinski definition) is 0. The molecule has 0 saturated heterocycles.